The lowest BCUT2D eigenvalue weighted by molar-refractivity contribution is 0.255. The molecule has 0 aromatic carbocycles. The molecule has 0 heterocycles. The first-order valence-corrected chi connectivity index (χ1v) is 14.1. The van der Waals surface area contributed by atoms with Gasteiger partial charge in [0, 0.05) is 0 Å². The van der Waals surface area contributed by atoms with Gasteiger partial charge in [-0.05, 0) is 108 Å². The minimum absolute atomic E-state index is 0.932. The van der Waals surface area contributed by atoms with Crippen LogP contribution in [0.25, 0.3) is 0 Å². The topological polar surface area (TPSA) is 0 Å². The Balaban J connectivity index is 1.26. The van der Waals surface area contributed by atoms with Gasteiger partial charge in [0.15, 0.2) is 0 Å². The fourth-order valence-electron chi connectivity index (χ4n) is 9.81. The van der Waals surface area contributed by atoms with Crippen LogP contribution < -0.4 is 0 Å². The van der Waals surface area contributed by atoms with Crippen LogP contribution >= 0.6 is 0 Å². The van der Waals surface area contributed by atoms with Crippen molar-refractivity contribution in [1.29, 1.82) is 0 Å². The highest BCUT2D eigenvalue weighted by atomic mass is 14.6. The Bertz CT molecular complexity index is 593. The summed E-state index contributed by atoms with van der Waals surface area (Å²) in [5, 5.41) is 0. The summed E-state index contributed by atoms with van der Waals surface area (Å²) in [4.78, 5) is 0. The van der Waals surface area contributed by atoms with Crippen molar-refractivity contribution >= 4 is 0 Å². The molecule has 0 bridgehead atoms. The minimum Gasteiger partial charge on any atom is -0.0651 e. The Morgan fingerprint density at radius 1 is 0.467 bits per heavy atom. The van der Waals surface area contributed by atoms with Crippen molar-refractivity contribution in [3.63, 3.8) is 0 Å². The summed E-state index contributed by atoms with van der Waals surface area (Å²) in [5.41, 5.74) is 0. The lowest BCUT2D eigenvalue weighted by Gasteiger charge is -2.23. The van der Waals surface area contributed by atoms with Gasteiger partial charge in [-0.15, -0.1) is 0 Å². The lowest BCUT2D eigenvalue weighted by Crippen LogP contribution is -2.17. The van der Waals surface area contributed by atoms with Crippen LogP contribution in [0.15, 0.2) is 0 Å². The molecule has 16 unspecified atom stereocenters. The quantitative estimate of drug-likeness (QED) is 0.317. The van der Waals surface area contributed by atoms with Gasteiger partial charge in [-0.3, -0.25) is 0 Å². The van der Waals surface area contributed by atoms with E-state index in [4.69, 9.17) is 0 Å². The lowest BCUT2D eigenvalue weighted by atomic mass is 9.82. The number of hydrogen-bond donors (Lipinski definition) is 0. The third-order valence-electron chi connectivity index (χ3n) is 12.1. The maximum atomic E-state index is 2.63. The summed E-state index contributed by atoms with van der Waals surface area (Å²) in [6.07, 6.45) is 5.86. The van der Waals surface area contributed by atoms with Gasteiger partial charge in [0.2, 0.25) is 0 Å². The summed E-state index contributed by atoms with van der Waals surface area (Å²) >= 11 is 0. The van der Waals surface area contributed by atoms with Crippen molar-refractivity contribution in [2.75, 3.05) is 0 Å². The van der Waals surface area contributed by atoms with Crippen LogP contribution in [-0.4, -0.2) is 0 Å². The van der Waals surface area contributed by atoms with Crippen molar-refractivity contribution in [2.45, 2.75) is 94.9 Å². The molecule has 30 heavy (non-hydrogen) atoms. The van der Waals surface area contributed by atoms with Gasteiger partial charge < -0.3 is 0 Å². The first-order valence-electron chi connectivity index (χ1n) is 14.1. The van der Waals surface area contributed by atoms with E-state index in [1.54, 1.807) is 0 Å². The Hall–Kier alpha value is 0. The molecule has 4 aliphatic carbocycles. The standard InChI is InChI=1S/C30H54/c1-11-23-19(7)25(23)13-16(4)28-22(10)30(28)18(6)17(5)29-21(9)26(29)14-15(3)27-20(8)24(27)12-2/h15-30H,11-14H2,1-10H3. The Morgan fingerprint density at radius 2 is 0.967 bits per heavy atom. The second-order valence-corrected chi connectivity index (χ2v) is 13.4. The summed E-state index contributed by atoms with van der Waals surface area (Å²) in [6, 6.07) is 0. The highest BCUT2D eigenvalue weighted by Crippen LogP contribution is 2.65. The van der Waals surface area contributed by atoms with E-state index in [9.17, 15) is 0 Å². The number of rotatable bonds is 11. The zero-order chi connectivity index (χ0) is 22.1. The molecule has 0 amide bonds. The van der Waals surface area contributed by atoms with Crippen molar-refractivity contribution in [3.8, 4) is 0 Å². The normalized spacial score (nSPS) is 53.0. The third kappa shape index (κ3) is 3.94. The maximum Gasteiger partial charge on any atom is -0.0324 e. The molecule has 0 nitrogen and oxygen atoms in total. The molecule has 0 radical (unpaired) electrons. The summed E-state index contributed by atoms with van der Waals surface area (Å²) in [5.74, 6) is 16.1. The second kappa shape index (κ2) is 8.41. The van der Waals surface area contributed by atoms with E-state index in [0.717, 1.165) is 94.7 Å². The van der Waals surface area contributed by atoms with Gasteiger partial charge in [-0.1, -0.05) is 82.1 Å². The molecule has 0 spiro atoms. The molecule has 4 rings (SSSR count). The average Bonchev–Trinajstić information content (AvgIpc) is 3.64. The Kier molecular flexibility index (Phi) is 6.49. The van der Waals surface area contributed by atoms with E-state index in [1.165, 1.54) is 25.7 Å². The predicted molar refractivity (Wildman–Crippen MR) is 131 cm³/mol. The Morgan fingerprint density at radius 3 is 1.50 bits per heavy atom. The summed E-state index contributed by atoms with van der Waals surface area (Å²) < 4.78 is 0. The fourth-order valence-corrected chi connectivity index (χ4v) is 9.81. The summed E-state index contributed by atoms with van der Waals surface area (Å²) in [6.45, 7) is 25.4. The first-order chi connectivity index (χ1) is 14.1. The van der Waals surface area contributed by atoms with Crippen LogP contribution in [0.3, 0.4) is 0 Å². The fraction of sp³-hybridized carbons (Fsp3) is 1.00. The van der Waals surface area contributed by atoms with Gasteiger partial charge in [0.1, 0.15) is 0 Å². The number of hydrogen-bond acceptors (Lipinski definition) is 0. The molecule has 0 aromatic rings. The van der Waals surface area contributed by atoms with E-state index in [1.807, 2.05) is 0 Å². The van der Waals surface area contributed by atoms with Crippen molar-refractivity contribution in [3.05, 3.63) is 0 Å². The Labute approximate surface area is 189 Å². The summed E-state index contributed by atoms with van der Waals surface area (Å²) in [7, 11) is 0. The second-order valence-electron chi connectivity index (χ2n) is 13.4. The van der Waals surface area contributed by atoms with Gasteiger partial charge in [0.25, 0.3) is 0 Å². The van der Waals surface area contributed by atoms with Crippen LogP contribution in [0.4, 0.5) is 0 Å². The van der Waals surface area contributed by atoms with Gasteiger partial charge in [0.05, 0.1) is 0 Å². The molecule has 0 aromatic heterocycles. The molecular weight excluding hydrogens is 360 g/mol. The highest BCUT2D eigenvalue weighted by molar-refractivity contribution is 5.07. The van der Waals surface area contributed by atoms with E-state index < -0.39 is 0 Å². The molecule has 0 N–H and O–H groups in total. The molecular formula is C30H54. The molecule has 4 saturated carbocycles. The van der Waals surface area contributed by atoms with Crippen LogP contribution in [-0.2, 0) is 0 Å². The monoisotopic (exact) mass is 414 g/mol. The highest BCUT2D eigenvalue weighted by Gasteiger charge is 2.59. The van der Waals surface area contributed by atoms with Gasteiger partial charge in [-0.25, -0.2) is 0 Å². The SMILES string of the molecule is CCC1C(C)C1CC(C)C1C(C)C1C(C)C(C)C1C(C)C1CC(C)C1C(C)C1CC. The van der Waals surface area contributed by atoms with Crippen LogP contribution in [0.1, 0.15) is 94.9 Å². The molecule has 0 heteroatoms. The van der Waals surface area contributed by atoms with Gasteiger partial charge >= 0.3 is 0 Å². The molecule has 4 aliphatic rings. The van der Waals surface area contributed by atoms with Crippen LogP contribution in [0.5, 0.6) is 0 Å². The zero-order valence-corrected chi connectivity index (χ0v) is 22.1. The molecule has 0 saturated heterocycles. The third-order valence-corrected chi connectivity index (χ3v) is 12.1. The zero-order valence-electron chi connectivity index (χ0n) is 22.1. The van der Waals surface area contributed by atoms with Crippen molar-refractivity contribution < 1.29 is 0 Å². The smallest absolute Gasteiger partial charge is 0.0324 e. The van der Waals surface area contributed by atoms with Crippen molar-refractivity contribution in [1.82, 2.24) is 0 Å². The van der Waals surface area contributed by atoms with Crippen LogP contribution in [0, 0.1) is 94.7 Å². The predicted octanol–water partition coefficient (Wildman–Crippen LogP) is 8.66. The van der Waals surface area contributed by atoms with E-state index in [-0.39, 0.29) is 0 Å². The largest absolute Gasteiger partial charge is 0.0651 e. The minimum atomic E-state index is 0.932. The van der Waals surface area contributed by atoms with E-state index in [0.29, 0.717) is 0 Å². The van der Waals surface area contributed by atoms with Crippen molar-refractivity contribution in [2.24, 2.45) is 94.7 Å². The first kappa shape index (κ1) is 23.2. The molecule has 4 fully saturated rings. The van der Waals surface area contributed by atoms with E-state index >= 15 is 0 Å². The molecule has 174 valence electrons. The van der Waals surface area contributed by atoms with E-state index in [2.05, 4.69) is 69.2 Å². The molecule has 0 aliphatic heterocycles. The molecule has 16 atom stereocenters. The van der Waals surface area contributed by atoms with Crippen LogP contribution in [0.2, 0.25) is 0 Å². The maximum absolute atomic E-state index is 2.63. The van der Waals surface area contributed by atoms with Gasteiger partial charge in [-0.2, -0.15) is 0 Å². The average molecular weight is 415 g/mol.